The maximum Gasteiger partial charge on any atom is 0.211 e. The minimum absolute atomic E-state index is 0.114. The van der Waals surface area contributed by atoms with E-state index >= 15 is 0 Å². The van der Waals surface area contributed by atoms with Gasteiger partial charge in [-0.25, -0.2) is 17.1 Å². The van der Waals surface area contributed by atoms with Crippen molar-refractivity contribution in [1.29, 1.82) is 0 Å². The van der Waals surface area contributed by atoms with Gasteiger partial charge in [0.05, 0.1) is 6.26 Å². The second-order valence-electron chi connectivity index (χ2n) is 5.93. The van der Waals surface area contributed by atoms with Gasteiger partial charge in [0, 0.05) is 25.2 Å². The largest absolute Gasteiger partial charge is 0.307 e. The van der Waals surface area contributed by atoms with Crippen LogP contribution in [0.1, 0.15) is 31.9 Å². The number of nitrogens with one attached hydrogen (secondary N) is 1. The predicted molar refractivity (Wildman–Crippen MR) is 81.9 cm³/mol. The first-order chi connectivity index (χ1) is 9.77. The van der Waals surface area contributed by atoms with Crippen LogP contribution < -0.4 is 5.32 Å². The highest BCUT2D eigenvalue weighted by atomic mass is 32.2. The molecular formula is C15H23FN2O2S. The molecule has 1 aliphatic heterocycles. The van der Waals surface area contributed by atoms with E-state index in [4.69, 9.17) is 0 Å². The molecule has 0 unspecified atom stereocenters. The van der Waals surface area contributed by atoms with Crippen molar-refractivity contribution < 1.29 is 12.8 Å². The summed E-state index contributed by atoms with van der Waals surface area (Å²) in [5.41, 5.74) is 1.04. The molecule has 1 aliphatic rings. The van der Waals surface area contributed by atoms with Gasteiger partial charge in [0.25, 0.3) is 0 Å². The van der Waals surface area contributed by atoms with Crippen molar-refractivity contribution in [3.63, 3.8) is 0 Å². The Labute approximate surface area is 126 Å². The average Bonchev–Trinajstić information content (AvgIpc) is 2.40. The standard InChI is InChI=1S/C15H23FN2O2S/c1-11-10-18(21(3,19)20)9-8-15(11)17-12(2)13-4-6-14(16)7-5-13/h4-7,11-12,15,17H,8-10H2,1-3H3/t11-,12-,15+/m0/s1. The van der Waals surface area contributed by atoms with Crippen LogP contribution in [0.5, 0.6) is 0 Å². The summed E-state index contributed by atoms with van der Waals surface area (Å²) in [6.07, 6.45) is 2.05. The average molecular weight is 314 g/mol. The molecule has 4 nitrogen and oxygen atoms in total. The van der Waals surface area contributed by atoms with Gasteiger partial charge in [-0.3, -0.25) is 0 Å². The third-order valence-corrected chi connectivity index (χ3v) is 5.44. The number of hydrogen-bond donors (Lipinski definition) is 1. The number of rotatable bonds is 4. The van der Waals surface area contributed by atoms with Crippen LogP contribution >= 0.6 is 0 Å². The normalized spacial score (nSPS) is 25.7. The molecule has 1 N–H and O–H groups in total. The van der Waals surface area contributed by atoms with E-state index in [-0.39, 0.29) is 23.8 Å². The molecular weight excluding hydrogens is 291 g/mol. The molecule has 1 saturated heterocycles. The van der Waals surface area contributed by atoms with Crippen molar-refractivity contribution in [1.82, 2.24) is 9.62 Å². The number of halogens is 1. The second kappa shape index (κ2) is 6.42. The molecule has 1 heterocycles. The number of benzene rings is 1. The van der Waals surface area contributed by atoms with Crippen LogP contribution in [0.25, 0.3) is 0 Å². The number of sulfonamides is 1. The summed E-state index contributed by atoms with van der Waals surface area (Å²) < 4.78 is 37.7. The highest BCUT2D eigenvalue weighted by Crippen LogP contribution is 2.22. The van der Waals surface area contributed by atoms with E-state index in [9.17, 15) is 12.8 Å². The Morgan fingerprint density at radius 1 is 1.33 bits per heavy atom. The molecule has 3 atom stereocenters. The zero-order chi connectivity index (χ0) is 15.6. The van der Waals surface area contributed by atoms with Crippen LogP contribution in [-0.2, 0) is 10.0 Å². The highest BCUT2D eigenvalue weighted by Gasteiger charge is 2.31. The summed E-state index contributed by atoms with van der Waals surface area (Å²) in [5.74, 6) is 0.0113. The fourth-order valence-corrected chi connectivity index (χ4v) is 3.77. The lowest BCUT2D eigenvalue weighted by atomic mass is 9.93. The van der Waals surface area contributed by atoms with Gasteiger partial charge in [0.1, 0.15) is 5.82 Å². The van der Waals surface area contributed by atoms with E-state index in [1.165, 1.54) is 18.4 Å². The SMILES string of the molecule is C[C@H](N[C@@H]1CCN(S(C)(=O)=O)C[C@@H]1C)c1ccc(F)cc1. The first-order valence-corrected chi connectivity index (χ1v) is 9.09. The molecule has 0 saturated carbocycles. The Hall–Kier alpha value is -0.980. The second-order valence-corrected chi connectivity index (χ2v) is 7.92. The molecule has 118 valence electrons. The third kappa shape index (κ3) is 4.25. The fraction of sp³-hybridized carbons (Fsp3) is 0.600. The smallest absolute Gasteiger partial charge is 0.211 e. The van der Waals surface area contributed by atoms with Crippen molar-refractivity contribution in [3.05, 3.63) is 35.6 Å². The lowest BCUT2D eigenvalue weighted by Crippen LogP contribution is -2.50. The quantitative estimate of drug-likeness (QED) is 0.926. The van der Waals surface area contributed by atoms with Crippen molar-refractivity contribution in [3.8, 4) is 0 Å². The molecule has 0 amide bonds. The predicted octanol–water partition coefficient (Wildman–Crippen LogP) is 2.15. The topological polar surface area (TPSA) is 49.4 Å². The Kier molecular flexibility index (Phi) is 5.01. The van der Waals surface area contributed by atoms with E-state index in [2.05, 4.69) is 12.2 Å². The van der Waals surface area contributed by atoms with Crippen LogP contribution in [0.3, 0.4) is 0 Å². The van der Waals surface area contributed by atoms with Gasteiger partial charge in [-0.15, -0.1) is 0 Å². The first-order valence-electron chi connectivity index (χ1n) is 7.24. The van der Waals surface area contributed by atoms with Crippen molar-refractivity contribution in [2.45, 2.75) is 32.4 Å². The summed E-state index contributed by atoms with van der Waals surface area (Å²) in [6, 6.07) is 6.87. The maximum absolute atomic E-state index is 12.9. The van der Waals surface area contributed by atoms with Gasteiger partial charge < -0.3 is 5.32 Å². The van der Waals surface area contributed by atoms with Crippen molar-refractivity contribution >= 4 is 10.0 Å². The molecule has 0 radical (unpaired) electrons. The van der Waals surface area contributed by atoms with Crippen molar-refractivity contribution in [2.75, 3.05) is 19.3 Å². The summed E-state index contributed by atoms with van der Waals surface area (Å²) >= 11 is 0. The van der Waals surface area contributed by atoms with E-state index in [0.29, 0.717) is 13.1 Å². The molecule has 0 bridgehead atoms. The van der Waals surface area contributed by atoms with E-state index in [1.807, 2.05) is 6.92 Å². The number of hydrogen-bond acceptors (Lipinski definition) is 3. The van der Waals surface area contributed by atoms with Gasteiger partial charge in [0.2, 0.25) is 10.0 Å². The molecule has 2 rings (SSSR count). The molecule has 21 heavy (non-hydrogen) atoms. The lowest BCUT2D eigenvalue weighted by molar-refractivity contribution is 0.210. The van der Waals surface area contributed by atoms with Gasteiger partial charge in [-0.05, 0) is 37.0 Å². The van der Waals surface area contributed by atoms with Gasteiger partial charge in [-0.1, -0.05) is 19.1 Å². The Bertz CT molecular complexity index is 574. The minimum Gasteiger partial charge on any atom is -0.307 e. The monoisotopic (exact) mass is 314 g/mol. The van der Waals surface area contributed by atoms with E-state index in [0.717, 1.165) is 12.0 Å². The van der Waals surface area contributed by atoms with Crippen LogP contribution in [-0.4, -0.2) is 38.1 Å². The highest BCUT2D eigenvalue weighted by molar-refractivity contribution is 7.88. The third-order valence-electron chi connectivity index (χ3n) is 4.17. The van der Waals surface area contributed by atoms with Gasteiger partial charge >= 0.3 is 0 Å². The number of nitrogens with zero attached hydrogens (tertiary/aromatic N) is 1. The van der Waals surface area contributed by atoms with Gasteiger partial charge in [0.15, 0.2) is 0 Å². The molecule has 0 aliphatic carbocycles. The van der Waals surface area contributed by atoms with Crippen LogP contribution in [0.4, 0.5) is 4.39 Å². The van der Waals surface area contributed by atoms with Crippen LogP contribution in [0.2, 0.25) is 0 Å². The number of piperidine rings is 1. The van der Waals surface area contributed by atoms with Gasteiger partial charge in [-0.2, -0.15) is 0 Å². The molecule has 1 fully saturated rings. The Morgan fingerprint density at radius 2 is 1.95 bits per heavy atom. The zero-order valence-electron chi connectivity index (χ0n) is 12.7. The first kappa shape index (κ1) is 16.4. The molecule has 0 spiro atoms. The zero-order valence-corrected chi connectivity index (χ0v) is 13.5. The minimum atomic E-state index is -3.10. The van der Waals surface area contributed by atoms with E-state index < -0.39 is 10.0 Å². The maximum atomic E-state index is 12.9. The Balaban J connectivity index is 1.96. The van der Waals surface area contributed by atoms with Crippen LogP contribution in [0, 0.1) is 11.7 Å². The molecule has 0 aromatic heterocycles. The summed E-state index contributed by atoms with van der Waals surface area (Å²) in [4.78, 5) is 0. The summed E-state index contributed by atoms with van der Waals surface area (Å²) in [7, 11) is -3.10. The molecule has 1 aromatic rings. The Morgan fingerprint density at radius 3 is 2.48 bits per heavy atom. The summed E-state index contributed by atoms with van der Waals surface area (Å²) in [5, 5.41) is 3.53. The fourth-order valence-electron chi connectivity index (χ4n) is 2.82. The molecule has 1 aromatic carbocycles. The molecule has 6 heteroatoms. The van der Waals surface area contributed by atoms with Crippen LogP contribution in [0.15, 0.2) is 24.3 Å². The summed E-state index contributed by atoms with van der Waals surface area (Å²) in [6.45, 7) is 5.21. The van der Waals surface area contributed by atoms with Crippen molar-refractivity contribution in [2.24, 2.45) is 5.92 Å². The lowest BCUT2D eigenvalue weighted by Gasteiger charge is -2.37. The van der Waals surface area contributed by atoms with E-state index in [1.54, 1.807) is 16.4 Å².